The first-order valence-corrected chi connectivity index (χ1v) is 11.0. The molecule has 0 radical (unpaired) electrons. The molecule has 3 aromatic rings. The Bertz CT molecular complexity index is 1220. The summed E-state index contributed by atoms with van der Waals surface area (Å²) in [7, 11) is 0. The molecule has 8 nitrogen and oxygen atoms in total. The Balaban J connectivity index is 1.46. The topological polar surface area (TPSA) is 86.6 Å². The highest BCUT2D eigenvalue weighted by Crippen LogP contribution is 2.37. The number of aromatic nitrogens is 4. The third-order valence-corrected chi connectivity index (χ3v) is 6.66. The SMILES string of the molecule is O=C(c1nc2c(C(F)(F)F)cc(-c3cn[nH]c3)cn2c1Cl)N1CCC(N2CCCC2=O)CC1. The van der Waals surface area contributed by atoms with Crippen molar-refractivity contribution in [3.05, 3.63) is 41.1 Å². The van der Waals surface area contributed by atoms with Crippen molar-refractivity contribution < 1.29 is 22.8 Å². The summed E-state index contributed by atoms with van der Waals surface area (Å²) in [6.07, 6.45) is 2.20. The second-order valence-corrected chi connectivity index (χ2v) is 8.64. The number of nitrogens with zero attached hydrogens (tertiary/aromatic N) is 5. The van der Waals surface area contributed by atoms with E-state index in [1.807, 2.05) is 4.90 Å². The lowest BCUT2D eigenvalue weighted by Crippen LogP contribution is -2.47. The molecular formula is C21H20ClF3N6O2. The van der Waals surface area contributed by atoms with Crippen LogP contribution in [0.1, 0.15) is 41.7 Å². The molecule has 33 heavy (non-hydrogen) atoms. The van der Waals surface area contributed by atoms with Crippen molar-refractivity contribution in [3.8, 4) is 11.1 Å². The lowest BCUT2D eigenvalue weighted by atomic mass is 10.0. The molecule has 3 aromatic heterocycles. The van der Waals surface area contributed by atoms with Gasteiger partial charge in [0.1, 0.15) is 5.15 Å². The molecule has 0 unspecified atom stereocenters. The lowest BCUT2D eigenvalue weighted by Gasteiger charge is -2.36. The van der Waals surface area contributed by atoms with Gasteiger partial charge in [0.05, 0.1) is 11.8 Å². The van der Waals surface area contributed by atoms with Crippen molar-refractivity contribution in [2.45, 2.75) is 37.9 Å². The van der Waals surface area contributed by atoms with Crippen LogP contribution in [0.2, 0.25) is 5.15 Å². The van der Waals surface area contributed by atoms with Gasteiger partial charge in [-0.3, -0.25) is 19.1 Å². The second kappa shape index (κ2) is 8.05. The van der Waals surface area contributed by atoms with Crippen molar-refractivity contribution in [2.75, 3.05) is 19.6 Å². The molecule has 2 amide bonds. The van der Waals surface area contributed by atoms with Crippen LogP contribution < -0.4 is 0 Å². The Hall–Kier alpha value is -3.08. The van der Waals surface area contributed by atoms with Crippen molar-refractivity contribution in [3.63, 3.8) is 0 Å². The largest absolute Gasteiger partial charge is 0.420 e. The van der Waals surface area contributed by atoms with Gasteiger partial charge in [-0.05, 0) is 25.3 Å². The molecule has 0 saturated carbocycles. The molecule has 0 aliphatic carbocycles. The van der Waals surface area contributed by atoms with Gasteiger partial charge in [-0.1, -0.05) is 11.6 Å². The van der Waals surface area contributed by atoms with Crippen LogP contribution in [-0.4, -0.2) is 66.9 Å². The van der Waals surface area contributed by atoms with Crippen LogP contribution in [0.15, 0.2) is 24.7 Å². The zero-order valence-corrected chi connectivity index (χ0v) is 18.2. The Labute approximate surface area is 191 Å². The van der Waals surface area contributed by atoms with E-state index in [1.165, 1.54) is 23.5 Å². The summed E-state index contributed by atoms with van der Waals surface area (Å²) in [5.41, 5.74) is -0.965. The maximum absolute atomic E-state index is 13.8. The first-order valence-electron chi connectivity index (χ1n) is 10.6. The van der Waals surface area contributed by atoms with Crippen LogP contribution in [0.5, 0.6) is 0 Å². The average Bonchev–Trinajstić information content (AvgIpc) is 3.53. The monoisotopic (exact) mass is 480 g/mol. The normalized spacial score (nSPS) is 18.0. The van der Waals surface area contributed by atoms with E-state index in [-0.39, 0.29) is 28.4 Å². The molecule has 0 bridgehead atoms. The van der Waals surface area contributed by atoms with E-state index in [0.29, 0.717) is 37.9 Å². The zero-order valence-electron chi connectivity index (χ0n) is 17.4. The molecule has 0 spiro atoms. The summed E-state index contributed by atoms with van der Waals surface area (Å²) >= 11 is 6.39. The molecule has 0 atom stereocenters. The summed E-state index contributed by atoms with van der Waals surface area (Å²) in [6, 6.07) is 1.05. The fourth-order valence-electron chi connectivity index (χ4n) is 4.61. The highest BCUT2D eigenvalue weighted by Gasteiger charge is 2.37. The quantitative estimate of drug-likeness (QED) is 0.620. The Kier molecular flexibility index (Phi) is 5.31. The smallest absolute Gasteiger partial charge is 0.340 e. The van der Waals surface area contributed by atoms with Gasteiger partial charge in [-0.15, -0.1) is 0 Å². The van der Waals surface area contributed by atoms with Crippen LogP contribution in [0.4, 0.5) is 13.2 Å². The molecule has 5 rings (SSSR count). The molecule has 1 N–H and O–H groups in total. The summed E-state index contributed by atoms with van der Waals surface area (Å²) in [6.45, 7) is 1.49. The lowest BCUT2D eigenvalue weighted by molar-refractivity contribution is -0.136. The maximum atomic E-state index is 13.8. The van der Waals surface area contributed by atoms with E-state index in [0.717, 1.165) is 23.4 Å². The number of alkyl halides is 3. The Morgan fingerprint density at radius 3 is 2.55 bits per heavy atom. The van der Waals surface area contributed by atoms with Crippen molar-refractivity contribution >= 4 is 29.1 Å². The first-order chi connectivity index (χ1) is 15.7. The van der Waals surface area contributed by atoms with Gasteiger partial charge in [0.25, 0.3) is 5.91 Å². The highest BCUT2D eigenvalue weighted by molar-refractivity contribution is 6.33. The molecule has 2 aliphatic heterocycles. The number of hydrogen-bond acceptors (Lipinski definition) is 4. The van der Waals surface area contributed by atoms with Gasteiger partial charge < -0.3 is 9.80 Å². The van der Waals surface area contributed by atoms with E-state index in [9.17, 15) is 22.8 Å². The number of amides is 2. The number of likely N-dealkylation sites (tertiary alicyclic amines) is 2. The fraction of sp³-hybridized carbons (Fsp3) is 0.429. The highest BCUT2D eigenvalue weighted by atomic mass is 35.5. The van der Waals surface area contributed by atoms with Gasteiger partial charge in [0.15, 0.2) is 11.3 Å². The van der Waals surface area contributed by atoms with E-state index in [2.05, 4.69) is 15.2 Å². The van der Waals surface area contributed by atoms with Crippen molar-refractivity contribution in [1.82, 2.24) is 29.4 Å². The van der Waals surface area contributed by atoms with Crippen LogP contribution in [0, 0.1) is 0 Å². The first kappa shape index (κ1) is 21.7. The zero-order chi connectivity index (χ0) is 23.3. The van der Waals surface area contributed by atoms with Gasteiger partial charge in [0, 0.05) is 55.6 Å². The minimum atomic E-state index is -4.70. The van der Waals surface area contributed by atoms with Crippen molar-refractivity contribution in [1.29, 1.82) is 0 Å². The van der Waals surface area contributed by atoms with Gasteiger partial charge in [-0.25, -0.2) is 4.98 Å². The molecule has 0 aromatic carbocycles. The number of halogens is 4. The van der Waals surface area contributed by atoms with E-state index in [1.54, 1.807) is 0 Å². The number of carbonyl (C=O) groups excluding carboxylic acids is 2. The Morgan fingerprint density at radius 1 is 1.18 bits per heavy atom. The van der Waals surface area contributed by atoms with Crippen LogP contribution >= 0.6 is 11.6 Å². The van der Waals surface area contributed by atoms with Crippen LogP contribution in [-0.2, 0) is 11.0 Å². The molecule has 174 valence electrons. The standard InChI is InChI=1S/C21H20ClF3N6O2/c22-18-17(20(33)29-6-3-14(4-7-29)30-5-1-2-16(30)32)28-19-15(21(23,24)25)8-12(11-31(18)19)13-9-26-27-10-13/h8-11,14H,1-7H2,(H,26,27). The molecule has 5 heterocycles. The number of imidazole rings is 1. The second-order valence-electron chi connectivity index (χ2n) is 8.29. The number of fused-ring (bicyclic) bond motifs is 1. The third-order valence-electron chi connectivity index (χ3n) is 6.30. The average molecular weight is 481 g/mol. The molecular weight excluding hydrogens is 461 g/mol. The van der Waals surface area contributed by atoms with Crippen LogP contribution in [0.3, 0.4) is 0 Å². The van der Waals surface area contributed by atoms with E-state index in [4.69, 9.17) is 11.6 Å². The molecule has 2 saturated heterocycles. The molecule has 2 aliphatic rings. The van der Waals surface area contributed by atoms with Gasteiger partial charge in [-0.2, -0.15) is 18.3 Å². The summed E-state index contributed by atoms with van der Waals surface area (Å²) in [4.78, 5) is 32.6. The van der Waals surface area contributed by atoms with E-state index >= 15 is 0 Å². The van der Waals surface area contributed by atoms with Gasteiger partial charge in [0.2, 0.25) is 5.91 Å². The number of piperidine rings is 1. The van der Waals surface area contributed by atoms with Gasteiger partial charge >= 0.3 is 6.18 Å². The molecule has 12 heteroatoms. The van der Waals surface area contributed by atoms with Crippen molar-refractivity contribution in [2.24, 2.45) is 0 Å². The predicted octanol–water partition coefficient (Wildman–Crippen LogP) is 3.62. The summed E-state index contributed by atoms with van der Waals surface area (Å²) in [5.74, 6) is -0.385. The number of H-pyrrole nitrogens is 1. The number of carbonyl (C=O) groups is 2. The summed E-state index contributed by atoms with van der Waals surface area (Å²) < 4.78 is 42.5. The summed E-state index contributed by atoms with van der Waals surface area (Å²) in [5, 5.41) is 6.17. The number of pyridine rings is 1. The maximum Gasteiger partial charge on any atom is 0.420 e. The number of rotatable bonds is 3. The van der Waals surface area contributed by atoms with E-state index < -0.39 is 23.3 Å². The fourth-order valence-corrected chi connectivity index (χ4v) is 4.87. The predicted molar refractivity (Wildman–Crippen MR) is 113 cm³/mol. The number of nitrogens with one attached hydrogen (secondary N) is 1. The molecule has 2 fully saturated rings. The van der Waals surface area contributed by atoms with Crippen LogP contribution in [0.25, 0.3) is 16.8 Å². The minimum absolute atomic E-state index is 0.0786. The number of hydrogen-bond donors (Lipinski definition) is 1. The minimum Gasteiger partial charge on any atom is -0.340 e. The Morgan fingerprint density at radius 2 is 1.94 bits per heavy atom. The number of aromatic amines is 1. The third kappa shape index (κ3) is 3.84.